The summed E-state index contributed by atoms with van der Waals surface area (Å²) < 4.78 is 12.4. The molecule has 2 aromatic rings. The number of hydrogen-bond donors (Lipinski definition) is 5. The summed E-state index contributed by atoms with van der Waals surface area (Å²) in [4.78, 5) is 32.4. The molecule has 31 heavy (non-hydrogen) atoms. The highest BCUT2D eigenvalue weighted by molar-refractivity contribution is 6.08. The van der Waals surface area contributed by atoms with Crippen LogP contribution in [0, 0.1) is 12.8 Å². The van der Waals surface area contributed by atoms with Crippen LogP contribution < -0.4 is 17.2 Å². The van der Waals surface area contributed by atoms with Gasteiger partial charge in [-0.25, -0.2) is 9.97 Å². The molecule has 1 saturated heterocycles. The summed E-state index contributed by atoms with van der Waals surface area (Å²) in [6.45, 7) is 6.19. The molecule has 1 unspecified atom stereocenters. The molecular weight excluding hydrogens is 408 g/mol. The highest BCUT2D eigenvalue weighted by Gasteiger charge is 2.54. The Hall–Kier alpha value is -2.80. The van der Waals surface area contributed by atoms with Crippen molar-refractivity contribution in [3.05, 3.63) is 17.6 Å². The minimum atomic E-state index is -1.83. The first-order valence-electron chi connectivity index (χ1n) is 9.78. The molecule has 1 fully saturated rings. The van der Waals surface area contributed by atoms with E-state index >= 15 is 0 Å². The van der Waals surface area contributed by atoms with Crippen molar-refractivity contribution >= 4 is 28.7 Å². The third-order valence-electron chi connectivity index (χ3n) is 5.46. The average Bonchev–Trinajstić information content (AvgIpc) is 3.15. The van der Waals surface area contributed by atoms with Crippen LogP contribution in [0.1, 0.15) is 43.2 Å². The van der Waals surface area contributed by atoms with Gasteiger partial charge in [0.1, 0.15) is 47.7 Å². The Morgan fingerprint density at radius 2 is 2.03 bits per heavy atom. The molecule has 1 amide bonds. The third-order valence-corrected chi connectivity index (χ3v) is 5.46. The first-order valence-corrected chi connectivity index (χ1v) is 9.78. The van der Waals surface area contributed by atoms with Gasteiger partial charge in [-0.3, -0.25) is 9.59 Å². The number of primary amides is 1. The van der Waals surface area contributed by atoms with Crippen molar-refractivity contribution in [3.63, 3.8) is 0 Å². The first-order chi connectivity index (χ1) is 14.4. The lowest BCUT2D eigenvalue weighted by molar-refractivity contribution is -0.152. The Morgan fingerprint density at radius 1 is 1.39 bits per heavy atom. The van der Waals surface area contributed by atoms with Gasteiger partial charge in [0.2, 0.25) is 0 Å². The van der Waals surface area contributed by atoms with Crippen LogP contribution in [-0.2, 0) is 14.3 Å². The minimum Gasteiger partial charge on any atom is -0.462 e. The number of aliphatic hydroxyl groups excluding tert-OH is 1. The van der Waals surface area contributed by atoms with E-state index in [4.69, 9.17) is 26.7 Å². The molecule has 170 valence electrons. The smallest absolute Gasteiger partial charge is 0.323 e. The van der Waals surface area contributed by atoms with Crippen LogP contribution in [0.2, 0.25) is 0 Å². The number of aromatic nitrogens is 3. The van der Waals surface area contributed by atoms with E-state index in [0.717, 1.165) is 0 Å². The maximum Gasteiger partial charge on any atom is 0.323 e. The van der Waals surface area contributed by atoms with Gasteiger partial charge in [-0.15, -0.1) is 0 Å². The number of rotatable bonds is 6. The Balaban J connectivity index is 1.95. The van der Waals surface area contributed by atoms with Crippen molar-refractivity contribution in [1.82, 2.24) is 14.5 Å². The van der Waals surface area contributed by atoms with Crippen molar-refractivity contribution in [2.75, 3.05) is 12.3 Å². The molecule has 1 aliphatic heterocycles. The topological polar surface area (TPSA) is 202 Å². The average molecular weight is 436 g/mol. The van der Waals surface area contributed by atoms with E-state index in [9.17, 15) is 19.8 Å². The number of nitrogens with zero attached hydrogens (tertiary/aromatic N) is 3. The van der Waals surface area contributed by atoms with Crippen molar-refractivity contribution in [2.45, 2.75) is 57.8 Å². The maximum absolute atomic E-state index is 12.1. The monoisotopic (exact) mass is 436 g/mol. The number of hydrogen-bond acceptors (Lipinski definition) is 10. The Kier molecular flexibility index (Phi) is 5.93. The summed E-state index contributed by atoms with van der Waals surface area (Å²) in [6, 6.07) is -0.830. The van der Waals surface area contributed by atoms with Crippen LogP contribution in [0.3, 0.4) is 0 Å². The number of carbonyl (C=O) groups excluding carboxylic acids is 2. The standard InChI is InChI=1S/C19H28N6O6/c1-7(2)12(20)17(28)30-6-10-13(26)19(4,29)18(31-10)25-5-9(15(22)27)11-14(21)23-8(3)24-16(11)25/h5,7,10,12-13,18,26,29H,6,20H2,1-4H3,(H2,22,27)(H2,21,23,24)/t10-,12?,13-,18-,19-/m1/s1. The van der Waals surface area contributed by atoms with Crippen molar-refractivity contribution in [3.8, 4) is 0 Å². The van der Waals surface area contributed by atoms with Gasteiger partial charge in [-0.2, -0.15) is 0 Å². The van der Waals surface area contributed by atoms with Gasteiger partial charge in [0.15, 0.2) is 6.23 Å². The molecule has 12 heteroatoms. The second-order valence-corrected chi connectivity index (χ2v) is 8.27. The second kappa shape index (κ2) is 8.04. The zero-order valence-corrected chi connectivity index (χ0v) is 17.8. The number of carbonyl (C=O) groups is 2. The summed E-state index contributed by atoms with van der Waals surface area (Å²) in [5.41, 5.74) is 15.6. The zero-order chi connectivity index (χ0) is 23.2. The fraction of sp³-hybridized carbons (Fsp3) is 0.579. The lowest BCUT2D eigenvalue weighted by atomic mass is 9.96. The lowest BCUT2D eigenvalue weighted by Gasteiger charge is -2.27. The van der Waals surface area contributed by atoms with E-state index < -0.39 is 42.0 Å². The molecule has 0 aromatic carbocycles. The zero-order valence-electron chi connectivity index (χ0n) is 17.8. The molecule has 5 atom stereocenters. The Bertz CT molecular complexity index is 1020. The molecule has 2 aromatic heterocycles. The number of amides is 1. The molecule has 3 rings (SSSR count). The molecule has 8 N–H and O–H groups in total. The molecule has 0 bridgehead atoms. The largest absolute Gasteiger partial charge is 0.462 e. The molecule has 0 saturated carbocycles. The predicted octanol–water partition coefficient (Wildman–Crippen LogP) is -1.04. The van der Waals surface area contributed by atoms with E-state index in [1.165, 1.54) is 17.7 Å². The van der Waals surface area contributed by atoms with Gasteiger partial charge in [0, 0.05) is 6.20 Å². The number of ether oxygens (including phenoxy) is 2. The molecule has 0 aliphatic carbocycles. The summed E-state index contributed by atoms with van der Waals surface area (Å²) in [6.07, 6.45) is -2.32. The summed E-state index contributed by atoms with van der Waals surface area (Å²) in [7, 11) is 0. The number of aliphatic hydroxyl groups is 2. The van der Waals surface area contributed by atoms with Crippen LogP contribution in [0.25, 0.3) is 11.0 Å². The fourth-order valence-electron chi connectivity index (χ4n) is 3.56. The SMILES string of the molecule is Cc1nc(N)c2c(C(N)=O)cn([C@@H]3O[C@H](COC(=O)C(N)C(C)C)[C@@H](O)[C@@]3(C)O)c2n1. The number of aryl methyl sites for hydroxylation is 1. The van der Waals surface area contributed by atoms with E-state index in [-0.39, 0.29) is 34.9 Å². The van der Waals surface area contributed by atoms with E-state index in [1.54, 1.807) is 20.8 Å². The minimum absolute atomic E-state index is 0.0409. The molecule has 12 nitrogen and oxygen atoms in total. The number of anilines is 1. The third kappa shape index (κ3) is 3.94. The highest BCUT2D eigenvalue weighted by atomic mass is 16.6. The van der Waals surface area contributed by atoms with Gasteiger partial charge >= 0.3 is 5.97 Å². The van der Waals surface area contributed by atoms with Gasteiger partial charge in [-0.05, 0) is 19.8 Å². The highest BCUT2D eigenvalue weighted by Crippen LogP contribution is 2.41. The molecule has 1 aliphatic rings. The lowest BCUT2D eigenvalue weighted by Crippen LogP contribution is -2.45. The first kappa shape index (κ1) is 22.9. The van der Waals surface area contributed by atoms with Gasteiger partial charge in [0.05, 0.1) is 10.9 Å². The molecular formula is C19H28N6O6. The number of nitrogen functional groups attached to an aromatic ring is 1. The summed E-state index contributed by atoms with van der Waals surface area (Å²) in [5.74, 6) is -1.18. The van der Waals surface area contributed by atoms with E-state index in [0.29, 0.717) is 5.82 Å². The normalized spacial score (nSPS) is 27.0. The van der Waals surface area contributed by atoms with Crippen LogP contribution >= 0.6 is 0 Å². The van der Waals surface area contributed by atoms with Gasteiger partial charge in [-0.1, -0.05) is 13.8 Å². The predicted molar refractivity (Wildman–Crippen MR) is 110 cm³/mol. The van der Waals surface area contributed by atoms with Crippen molar-refractivity contribution in [2.24, 2.45) is 17.4 Å². The van der Waals surface area contributed by atoms with Crippen LogP contribution in [-0.4, -0.2) is 67.1 Å². The maximum atomic E-state index is 12.1. The number of nitrogens with two attached hydrogens (primary N) is 3. The summed E-state index contributed by atoms with van der Waals surface area (Å²) >= 11 is 0. The molecule has 3 heterocycles. The van der Waals surface area contributed by atoms with E-state index in [2.05, 4.69) is 9.97 Å². The fourth-order valence-corrected chi connectivity index (χ4v) is 3.56. The van der Waals surface area contributed by atoms with Crippen molar-refractivity contribution in [1.29, 1.82) is 0 Å². The molecule has 0 radical (unpaired) electrons. The van der Waals surface area contributed by atoms with Gasteiger partial charge in [0.25, 0.3) is 5.91 Å². The number of esters is 1. The quantitative estimate of drug-likeness (QED) is 0.348. The van der Waals surface area contributed by atoms with Crippen LogP contribution in [0.5, 0.6) is 0 Å². The van der Waals surface area contributed by atoms with Crippen LogP contribution in [0.15, 0.2) is 6.20 Å². The second-order valence-electron chi connectivity index (χ2n) is 8.27. The van der Waals surface area contributed by atoms with Crippen LogP contribution in [0.4, 0.5) is 5.82 Å². The Morgan fingerprint density at radius 3 is 2.61 bits per heavy atom. The number of fused-ring (bicyclic) bond motifs is 1. The molecule has 0 spiro atoms. The van der Waals surface area contributed by atoms with Gasteiger partial charge < -0.3 is 41.5 Å². The van der Waals surface area contributed by atoms with E-state index in [1.807, 2.05) is 0 Å². The van der Waals surface area contributed by atoms with Crippen molar-refractivity contribution < 1.29 is 29.3 Å². The summed E-state index contributed by atoms with van der Waals surface area (Å²) in [5, 5.41) is 21.9. The Labute approximate surface area is 178 Å².